The minimum Gasteiger partial charge on any atom is -0.481 e. The molecule has 1 amide bonds. The minimum atomic E-state index is -0.813. The van der Waals surface area contributed by atoms with Crippen LogP contribution in [0.3, 0.4) is 0 Å². The summed E-state index contributed by atoms with van der Waals surface area (Å²) < 4.78 is 5.58. The van der Waals surface area contributed by atoms with Gasteiger partial charge in [-0.15, -0.1) is 0 Å². The number of carbonyl (C=O) groups is 2. The van der Waals surface area contributed by atoms with Crippen LogP contribution in [0.25, 0.3) is 11.1 Å². The third kappa shape index (κ3) is 2.60. The van der Waals surface area contributed by atoms with Gasteiger partial charge in [-0.05, 0) is 46.9 Å². The van der Waals surface area contributed by atoms with Gasteiger partial charge in [-0.3, -0.25) is 4.79 Å². The van der Waals surface area contributed by atoms with Crippen LogP contribution in [0.4, 0.5) is 4.79 Å². The number of carboxylic acids is 1. The summed E-state index contributed by atoms with van der Waals surface area (Å²) in [5.41, 5.74) is 4.70. The predicted molar refractivity (Wildman–Crippen MR) is 104 cm³/mol. The monoisotopic (exact) mass is 377 g/mol. The first kappa shape index (κ1) is 17.3. The van der Waals surface area contributed by atoms with Crippen LogP contribution in [-0.2, 0) is 9.53 Å². The van der Waals surface area contributed by atoms with Crippen LogP contribution in [0.2, 0.25) is 0 Å². The van der Waals surface area contributed by atoms with Crippen molar-refractivity contribution in [1.82, 2.24) is 5.32 Å². The molecule has 0 radical (unpaired) electrons. The quantitative estimate of drug-likeness (QED) is 0.844. The lowest BCUT2D eigenvalue weighted by atomic mass is 9.62. The largest absolute Gasteiger partial charge is 0.481 e. The second-order valence-electron chi connectivity index (χ2n) is 8.12. The fraction of sp³-hybridized carbons (Fsp3) is 0.391. The van der Waals surface area contributed by atoms with Crippen molar-refractivity contribution in [3.05, 3.63) is 59.7 Å². The standard InChI is InChI=1S/C23H23NO4/c25-22(26)20-17-10-5-11-18(17)21(20)24-23(27)28-12-19-15-8-3-1-6-13(15)14-7-2-4-9-16(14)19/h1-4,6-9,17-21H,5,10-12H2,(H,24,27)(H,25,26)/t17-,18+,20-,21-/m0/s1. The molecule has 2 N–H and O–H groups in total. The maximum atomic E-state index is 12.5. The van der Waals surface area contributed by atoms with E-state index in [1.54, 1.807) is 0 Å². The van der Waals surface area contributed by atoms with Gasteiger partial charge in [-0.2, -0.15) is 0 Å². The van der Waals surface area contributed by atoms with E-state index >= 15 is 0 Å². The van der Waals surface area contributed by atoms with Crippen molar-refractivity contribution in [2.24, 2.45) is 17.8 Å². The first-order valence-electron chi connectivity index (χ1n) is 9.99. The van der Waals surface area contributed by atoms with E-state index in [1.165, 1.54) is 22.3 Å². The molecule has 4 atom stereocenters. The zero-order valence-corrected chi connectivity index (χ0v) is 15.5. The van der Waals surface area contributed by atoms with E-state index in [4.69, 9.17) is 4.74 Å². The van der Waals surface area contributed by atoms with E-state index in [-0.39, 0.29) is 30.4 Å². The highest BCUT2D eigenvalue weighted by molar-refractivity contribution is 5.79. The van der Waals surface area contributed by atoms with Gasteiger partial charge in [0, 0.05) is 12.0 Å². The molecule has 0 aromatic heterocycles. The van der Waals surface area contributed by atoms with E-state index in [1.807, 2.05) is 24.3 Å². The van der Waals surface area contributed by atoms with Crippen LogP contribution in [0.15, 0.2) is 48.5 Å². The number of alkyl carbamates (subject to hydrolysis) is 1. The zero-order chi connectivity index (χ0) is 19.3. The molecule has 144 valence electrons. The molecule has 5 heteroatoms. The summed E-state index contributed by atoms with van der Waals surface area (Å²) in [5.74, 6) is -0.799. The highest BCUT2D eigenvalue weighted by Gasteiger charge is 2.56. The molecule has 0 bridgehead atoms. The van der Waals surface area contributed by atoms with Crippen molar-refractivity contribution in [2.75, 3.05) is 6.61 Å². The second-order valence-corrected chi connectivity index (χ2v) is 8.12. The fourth-order valence-electron chi connectivity index (χ4n) is 5.61. The number of benzene rings is 2. The molecule has 0 unspecified atom stereocenters. The number of carbonyl (C=O) groups excluding carboxylic acids is 1. The second kappa shape index (κ2) is 6.66. The lowest BCUT2D eigenvalue weighted by molar-refractivity contribution is -0.152. The number of aliphatic carboxylic acids is 1. The van der Waals surface area contributed by atoms with Gasteiger partial charge >= 0.3 is 12.1 Å². The van der Waals surface area contributed by atoms with Crippen molar-refractivity contribution >= 4 is 12.1 Å². The number of hydrogen-bond acceptors (Lipinski definition) is 3. The zero-order valence-electron chi connectivity index (χ0n) is 15.5. The molecule has 0 spiro atoms. The average molecular weight is 377 g/mol. The Morgan fingerprint density at radius 1 is 0.964 bits per heavy atom. The van der Waals surface area contributed by atoms with Crippen molar-refractivity contribution in [3.63, 3.8) is 0 Å². The first-order chi connectivity index (χ1) is 13.6. The minimum absolute atomic E-state index is 0.00837. The highest BCUT2D eigenvalue weighted by atomic mass is 16.5. The molecule has 3 aliphatic carbocycles. The molecule has 0 aliphatic heterocycles. The Labute approximate surface area is 163 Å². The molecule has 2 fully saturated rings. The van der Waals surface area contributed by atoms with E-state index < -0.39 is 18.0 Å². The fourth-order valence-corrected chi connectivity index (χ4v) is 5.61. The van der Waals surface area contributed by atoms with Crippen molar-refractivity contribution in [2.45, 2.75) is 31.2 Å². The van der Waals surface area contributed by atoms with Crippen LogP contribution in [0.5, 0.6) is 0 Å². The lowest BCUT2D eigenvalue weighted by Gasteiger charge is -2.46. The Kier molecular flexibility index (Phi) is 4.11. The number of nitrogens with one attached hydrogen (secondary N) is 1. The lowest BCUT2D eigenvalue weighted by Crippen LogP contribution is -2.60. The third-order valence-corrected chi connectivity index (χ3v) is 6.85. The van der Waals surface area contributed by atoms with Crippen LogP contribution in [0, 0.1) is 17.8 Å². The predicted octanol–water partition coefficient (Wildman–Crippen LogP) is 4.02. The molecule has 2 saturated carbocycles. The normalized spacial score (nSPS) is 27.3. The third-order valence-electron chi connectivity index (χ3n) is 6.85. The van der Waals surface area contributed by atoms with Gasteiger partial charge in [0.1, 0.15) is 6.61 Å². The van der Waals surface area contributed by atoms with E-state index in [9.17, 15) is 14.7 Å². The van der Waals surface area contributed by atoms with Gasteiger partial charge in [0.05, 0.1) is 5.92 Å². The summed E-state index contributed by atoms with van der Waals surface area (Å²) in [6, 6.07) is 16.1. The Morgan fingerprint density at radius 2 is 1.57 bits per heavy atom. The molecular formula is C23H23NO4. The van der Waals surface area contributed by atoms with Crippen molar-refractivity contribution < 1.29 is 19.4 Å². The van der Waals surface area contributed by atoms with Crippen LogP contribution in [0.1, 0.15) is 36.3 Å². The van der Waals surface area contributed by atoms with Gasteiger partial charge in [-0.25, -0.2) is 4.79 Å². The molecule has 0 heterocycles. The van der Waals surface area contributed by atoms with Gasteiger partial charge < -0.3 is 15.2 Å². The van der Waals surface area contributed by atoms with Crippen LogP contribution < -0.4 is 5.32 Å². The number of hydrogen-bond donors (Lipinski definition) is 2. The Morgan fingerprint density at radius 3 is 2.21 bits per heavy atom. The van der Waals surface area contributed by atoms with Crippen molar-refractivity contribution in [3.8, 4) is 11.1 Å². The van der Waals surface area contributed by atoms with Gasteiger partial charge in [0.25, 0.3) is 0 Å². The van der Waals surface area contributed by atoms with Crippen LogP contribution >= 0.6 is 0 Å². The average Bonchev–Trinajstić information content (AvgIpc) is 3.24. The highest BCUT2D eigenvalue weighted by Crippen LogP contribution is 2.51. The van der Waals surface area contributed by atoms with Crippen molar-refractivity contribution in [1.29, 1.82) is 0 Å². The maximum absolute atomic E-state index is 12.5. The van der Waals surface area contributed by atoms with E-state index in [0.717, 1.165) is 19.3 Å². The SMILES string of the molecule is O=C(N[C@H]1[C@@H]2CCC[C@@H]2[C@@H]1C(=O)O)OCC1c2ccccc2-c2ccccc21. The van der Waals surface area contributed by atoms with Gasteiger partial charge in [-0.1, -0.05) is 55.0 Å². The molecule has 0 saturated heterocycles. The molecule has 2 aromatic rings. The Balaban J connectivity index is 1.28. The molecule has 5 rings (SSSR count). The number of ether oxygens (including phenoxy) is 1. The summed E-state index contributed by atoms with van der Waals surface area (Å²) in [7, 11) is 0. The van der Waals surface area contributed by atoms with E-state index in [2.05, 4.69) is 29.6 Å². The van der Waals surface area contributed by atoms with Gasteiger partial charge in [0.2, 0.25) is 0 Å². The molecular weight excluding hydrogens is 354 g/mol. The van der Waals surface area contributed by atoms with E-state index in [0.29, 0.717) is 0 Å². The van der Waals surface area contributed by atoms with Crippen LogP contribution in [-0.4, -0.2) is 29.8 Å². The molecule has 5 nitrogen and oxygen atoms in total. The number of carboxylic acid groups (broad SMARTS) is 1. The summed E-state index contributed by atoms with van der Waals surface area (Å²) in [6.45, 7) is 0.248. The van der Waals surface area contributed by atoms with Gasteiger partial charge in [0.15, 0.2) is 0 Å². The summed E-state index contributed by atoms with van der Waals surface area (Å²) in [6.07, 6.45) is 2.47. The number of rotatable bonds is 4. The molecule has 2 aromatic carbocycles. The summed E-state index contributed by atoms with van der Waals surface area (Å²) in [5, 5.41) is 12.3. The topological polar surface area (TPSA) is 75.6 Å². The number of fused-ring (bicyclic) bond motifs is 4. The molecule has 3 aliphatic rings. The summed E-state index contributed by atoms with van der Waals surface area (Å²) >= 11 is 0. The first-order valence-corrected chi connectivity index (χ1v) is 9.99. The summed E-state index contributed by atoms with van der Waals surface area (Å²) in [4.78, 5) is 24.0. The Bertz CT molecular complexity index is 894. The Hall–Kier alpha value is -2.82. The molecule has 28 heavy (non-hydrogen) atoms. The maximum Gasteiger partial charge on any atom is 0.407 e. The smallest absolute Gasteiger partial charge is 0.407 e. The number of amides is 1.